The van der Waals surface area contributed by atoms with Crippen LogP contribution in [-0.4, -0.2) is 4.37 Å². The Labute approximate surface area is 65.2 Å². The SMILES string of the molecule is CC(C)(C)c1cnsc1N. The van der Waals surface area contributed by atoms with E-state index in [1.165, 1.54) is 11.5 Å². The fourth-order valence-corrected chi connectivity index (χ4v) is 1.54. The lowest BCUT2D eigenvalue weighted by molar-refractivity contribution is 0.593. The molecule has 3 heteroatoms. The average molecular weight is 156 g/mol. The number of anilines is 1. The number of hydrogen-bond donors (Lipinski definition) is 1. The highest BCUT2D eigenvalue weighted by Crippen LogP contribution is 2.29. The lowest BCUT2D eigenvalue weighted by Gasteiger charge is -2.16. The summed E-state index contributed by atoms with van der Waals surface area (Å²) < 4.78 is 4.00. The zero-order valence-corrected chi connectivity index (χ0v) is 7.33. The monoisotopic (exact) mass is 156 g/mol. The van der Waals surface area contributed by atoms with Crippen LogP contribution in [0.1, 0.15) is 26.3 Å². The number of nitrogens with zero attached hydrogens (tertiary/aromatic N) is 1. The molecule has 2 nitrogen and oxygen atoms in total. The van der Waals surface area contributed by atoms with Gasteiger partial charge in [0.25, 0.3) is 0 Å². The summed E-state index contributed by atoms with van der Waals surface area (Å²) in [4.78, 5) is 0. The molecule has 0 aliphatic rings. The van der Waals surface area contributed by atoms with Crippen LogP contribution < -0.4 is 5.73 Å². The van der Waals surface area contributed by atoms with E-state index in [-0.39, 0.29) is 5.41 Å². The van der Waals surface area contributed by atoms with Crippen LogP contribution >= 0.6 is 11.5 Å². The molecule has 0 spiro atoms. The van der Waals surface area contributed by atoms with Crippen molar-refractivity contribution in [1.29, 1.82) is 0 Å². The topological polar surface area (TPSA) is 38.9 Å². The van der Waals surface area contributed by atoms with Crippen LogP contribution in [0.2, 0.25) is 0 Å². The maximum absolute atomic E-state index is 5.68. The highest BCUT2D eigenvalue weighted by atomic mass is 32.1. The molecule has 0 aliphatic heterocycles. The fourth-order valence-electron chi connectivity index (χ4n) is 0.812. The zero-order valence-electron chi connectivity index (χ0n) is 6.51. The van der Waals surface area contributed by atoms with Crippen LogP contribution in [0.15, 0.2) is 6.20 Å². The van der Waals surface area contributed by atoms with Crippen molar-refractivity contribution in [2.75, 3.05) is 5.73 Å². The second-order valence-corrected chi connectivity index (χ2v) is 4.19. The van der Waals surface area contributed by atoms with Gasteiger partial charge in [-0.15, -0.1) is 0 Å². The van der Waals surface area contributed by atoms with Crippen molar-refractivity contribution in [2.45, 2.75) is 26.2 Å². The van der Waals surface area contributed by atoms with Crippen molar-refractivity contribution in [3.8, 4) is 0 Å². The number of aromatic nitrogens is 1. The standard InChI is InChI=1S/C7H12N2S/c1-7(2,3)5-4-9-10-6(5)8/h4H,8H2,1-3H3. The van der Waals surface area contributed by atoms with E-state index in [1.807, 2.05) is 6.20 Å². The van der Waals surface area contributed by atoms with Crippen LogP contribution in [0.4, 0.5) is 5.00 Å². The fraction of sp³-hybridized carbons (Fsp3) is 0.571. The van der Waals surface area contributed by atoms with Crippen molar-refractivity contribution in [3.05, 3.63) is 11.8 Å². The van der Waals surface area contributed by atoms with Gasteiger partial charge in [-0.25, -0.2) is 0 Å². The van der Waals surface area contributed by atoms with Crippen LogP contribution in [0.5, 0.6) is 0 Å². The lowest BCUT2D eigenvalue weighted by Crippen LogP contribution is -2.11. The quantitative estimate of drug-likeness (QED) is 0.624. The molecule has 0 radical (unpaired) electrons. The Hall–Kier alpha value is -0.570. The third kappa shape index (κ3) is 1.29. The van der Waals surface area contributed by atoms with Gasteiger partial charge in [0.15, 0.2) is 0 Å². The van der Waals surface area contributed by atoms with Crippen LogP contribution in [0.3, 0.4) is 0 Å². The molecule has 1 aromatic rings. The second kappa shape index (κ2) is 2.23. The predicted molar refractivity (Wildman–Crippen MR) is 45.2 cm³/mol. The van der Waals surface area contributed by atoms with Crippen LogP contribution in [-0.2, 0) is 5.41 Å². The molecule has 0 amide bonds. The molecule has 1 heterocycles. The first-order valence-electron chi connectivity index (χ1n) is 3.22. The van der Waals surface area contributed by atoms with Gasteiger partial charge in [0.1, 0.15) is 5.00 Å². The Morgan fingerprint density at radius 3 is 2.30 bits per heavy atom. The summed E-state index contributed by atoms with van der Waals surface area (Å²) in [5, 5.41) is 0.840. The molecule has 0 aliphatic carbocycles. The smallest absolute Gasteiger partial charge is 0.110 e. The Bertz CT molecular complexity index is 222. The maximum atomic E-state index is 5.68. The van der Waals surface area contributed by atoms with Crippen LogP contribution in [0.25, 0.3) is 0 Å². The van der Waals surface area contributed by atoms with Gasteiger partial charge in [-0.2, -0.15) is 4.37 Å². The molecule has 0 bridgehead atoms. The van der Waals surface area contributed by atoms with Gasteiger partial charge in [0, 0.05) is 11.8 Å². The summed E-state index contributed by atoms with van der Waals surface area (Å²) in [6.07, 6.45) is 1.85. The van der Waals surface area contributed by atoms with Gasteiger partial charge in [-0.1, -0.05) is 20.8 Å². The van der Waals surface area contributed by atoms with Gasteiger partial charge in [0.2, 0.25) is 0 Å². The predicted octanol–water partition coefficient (Wildman–Crippen LogP) is 2.02. The molecule has 0 atom stereocenters. The third-order valence-corrected chi connectivity index (χ3v) is 2.03. The van der Waals surface area contributed by atoms with Crippen molar-refractivity contribution in [2.24, 2.45) is 0 Å². The third-order valence-electron chi connectivity index (χ3n) is 1.41. The normalized spacial score (nSPS) is 11.9. The highest BCUT2D eigenvalue weighted by molar-refractivity contribution is 7.10. The minimum absolute atomic E-state index is 0.136. The Morgan fingerprint density at radius 1 is 1.50 bits per heavy atom. The number of rotatable bonds is 0. The molecule has 0 aromatic carbocycles. The molecule has 0 saturated carbocycles. The summed E-state index contributed by atoms with van der Waals surface area (Å²) in [7, 11) is 0. The number of hydrogen-bond acceptors (Lipinski definition) is 3. The minimum atomic E-state index is 0.136. The molecule has 2 N–H and O–H groups in total. The lowest BCUT2D eigenvalue weighted by atomic mass is 9.89. The van der Waals surface area contributed by atoms with E-state index in [9.17, 15) is 0 Å². The summed E-state index contributed by atoms with van der Waals surface area (Å²) in [6, 6.07) is 0. The van der Waals surface area contributed by atoms with Gasteiger partial charge in [-0.3, -0.25) is 0 Å². The molecular weight excluding hydrogens is 144 g/mol. The molecular formula is C7H12N2S. The van der Waals surface area contributed by atoms with Crippen molar-refractivity contribution < 1.29 is 0 Å². The summed E-state index contributed by atoms with van der Waals surface area (Å²) >= 11 is 1.36. The largest absolute Gasteiger partial charge is 0.389 e. The van der Waals surface area contributed by atoms with E-state index >= 15 is 0 Å². The van der Waals surface area contributed by atoms with E-state index in [1.54, 1.807) is 0 Å². The molecule has 0 unspecified atom stereocenters. The molecule has 0 fully saturated rings. The Kier molecular flexibility index (Phi) is 1.68. The molecule has 1 aromatic heterocycles. The summed E-state index contributed by atoms with van der Waals surface area (Å²) in [5.41, 5.74) is 6.97. The molecule has 1 rings (SSSR count). The molecule has 10 heavy (non-hydrogen) atoms. The maximum Gasteiger partial charge on any atom is 0.110 e. The van der Waals surface area contributed by atoms with E-state index in [0.717, 1.165) is 10.6 Å². The Morgan fingerprint density at radius 2 is 2.10 bits per heavy atom. The number of nitrogen functional groups attached to an aromatic ring is 1. The summed E-state index contributed by atoms with van der Waals surface area (Å²) in [6.45, 7) is 6.40. The van der Waals surface area contributed by atoms with Gasteiger partial charge < -0.3 is 5.73 Å². The van der Waals surface area contributed by atoms with Gasteiger partial charge in [0.05, 0.1) is 0 Å². The van der Waals surface area contributed by atoms with Crippen molar-refractivity contribution in [3.63, 3.8) is 0 Å². The second-order valence-electron chi connectivity index (χ2n) is 3.35. The van der Waals surface area contributed by atoms with E-state index < -0.39 is 0 Å². The average Bonchev–Trinajstić information content (AvgIpc) is 2.11. The molecule has 56 valence electrons. The van der Waals surface area contributed by atoms with E-state index in [4.69, 9.17) is 5.73 Å². The van der Waals surface area contributed by atoms with Crippen molar-refractivity contribution in [1.82, 2.24) is 4.37 Å². The minimum Gasteiger partial charge on any atom is -0.389 e. The highest BCUT2D eigenvalue weighted by Gasteiger charge is 2.17. The van der Waals surface area contributed by atoms with Gasteiger partial charge in [-0.05, 0) is 16.9 Å². The zero-order chi connectivity index (χ0) is 7.78. The first-order valence-corrected chi connectivity index (χ1v) is 4.00. The first kappa shape index (κ1) is 7.54. The van der Waals surface area contributed by atoms with Crippen LogP contribution in [0, 0.1) is 0 Å². The number of nitrogens with two attached hydrogens (primary N) is 1. The molecule has 0 saturated heterocycles. The first-order chi connectivity index (χ1) is 4.52. The Balaban J connectivity index is 3.05. The summed E-state index contributed by atoms with van der Waals surface area (Å²) in [5.74, 6) is 0. The van der Waals surface area contributed by atoms with E-state index in [2.05, 4.69) is 25.1 Å². The van der Waals surface area contributed by atoms with Crippen molar-refractivity contribution >= 4 is 16.5 Å². The van der Waals surface area contributed by atoms with Gasteiger partial charge >= 0.3 is 0 Å². The van der Waals surface area contributed by atoms with E-state index in [0.29, 0.717) is 0 Å².